The van der Waals surface area contributed by atoms with Gasteiger partial charge in [-0.05, 0) is 98.1 Å². The van der Waals surface area contributed by atoms with Crippen molar-refractivity contribution in [2.45, 2.75) is 135 Å². The van der Waals surface area contributed by atoms with Crippen molar-refractivity contribution >= 4 is 46.8 Å². The highest BCUT2D eigenvalue weighted by molar-refractivity contribution is 9.10. The molecule has 0 radical (unpaired) electrons. The van der Waals surface area contributed by atoms with Gasteiger partial charge in [0.1, 0.15) is 12.4 Å². The van der Waals surface area contributed by atoms with Crippen LogP contribution in [0.15, 0.2) is 40.9 Å². The number of hydrogen-bond donors (Lipinski definition) is 0. The normalized spacial score (nSPS) is 23.6. The van der Waals surface area contributed by atoms with E-state index in [2.05, 4.69) is 39.7 Å². The maximum Gasteiger partial charge on any atom is 0.489 e. The van der Waals surface area contributed by atoms with Gasteiger partial charge in [0.15, 0.2) is 0 Å². The number of carbonyl (C=O) groups excluding carboxylic acids is 1. The van der Waals surface area contributed by atoms with Gasteiger partial charge >= 0.3 is 20.0 Å². The van der Waals surface area contributed by atoms with E-state index in [9.17, 15) is 4.79 Å². The summed E-state index contributed by atoms with van der Waals surface area (Å²) in [6.45, 7) is 16.7. The van der Waals surface area contributed by atoms with E-state index in [-0.39, 0.29) is 12.4 Å². The molecule has 0 amide bonds. The Morgan fingerprint density at radius 3 is 2.27 bits per heavy atom. The van der Waals surface area contributed by atoms with E-state index in [1.54, 1.807) is 0 Å². The highest BCUT2D eigenvalue weighted by Crippen LogP contribution is 2.45. The van der Waals surface area contributed by atoms with Gasteiger partial charge < -0.3 is 28.1 Å². The number of halogens is 1. The minimum absolute atomic E-state index is 0.0964. The summed E-state index contributed by atoms with van der Waals surface area (Å²) in [7, 11) is -1.33. The van der Waals surface area contributed by atoms with Crippen molar-refractivity contribution in [1.29, 1.82) is 0 Å². The molecule has 0 spiro atoms. The molecule has 6 rings (SSSR count). The van der Waals surface area contributed by atoms with Gasteiger partial charge in [-0.1, -0.05) is 47.3 Å². The summed E-state index contributed by atoms with van der Waals surface area (Å²) in [5, 5.41) is 6.10. The number of nitrogens with zero attached hydrogens (tertiary/aromatic N) is 2. The Balaban J connectivity index is 1.26. The summed E-state index contributed by atoms with van der Waals surface area (Å²) in [5.74, 6) is 0.350. The van der Waals surface area contributed by atoms with Gasteiger partial charge in [0.2, 0.25) is 0 Å². The zero-order valence-electron chi connectivity index (χ0n) is 29.7. The maximum absolute atomic E-state index is 12.8. The molecule has 12 heteroatoms. The number of carbonyl (C=O) groups is 1. The van der Waals surface area contributed by atoms with Crippen LogP contribution in [0.25, 0.3) is 10.9 Å². The van der Waals surface area contributed by atoms with E-state index in [0.29, 0.717) is 31.4 Å². The highest BCUT2D eigenvalue weighted by atomic mass is 79.9. The predicted octanol–water partition coefficient (Wildman–Crippen LogP) is 7.77. The van der Waals surface area contributed by atoms with Gasteiger partial charge in [-0.2, -0.15) is 5.10 Å². The van der Waals surface area contributed by atoms with Crippen molar-refractivity contribution in [2.75, 3.05) is 6.61 Å². The Morgan fingerprint density at radius 2 is 1.58 bits per heavy atom. The zero-order valence-corrected chi connectivity index (χ0v) is 31.3. The molecule has 2 saturated heterocycles. The van der Waals surface area contributed by atoms with Crippen LogP contribution in [0.5, 0.6) is 5.75 Å². The number of ether oxygens (including phenoxy) is 2. The molecular weight excluding hydrogens is 674 g/mol. The second-order valence-electron chi connectivity index (χ2n) is 15.2. The van der Waals surface area contributed by atoms with E-state index in [1.165, 1.54) is 19.3 Å². The fraction of sp³-hybridized carbons (Fsp3) is 0.611. The summed E-state index contributed by atoms with van der Waals surface area (Å²) < 4.78 is 40.8. The molecule has 0 N–H and O–H groups in total. The Labute approximate surface area is 294 Å². The lowest BCUT2D eigenvalue weighted by molar-refractivity contribution is -0.142. The van der Waals surface area contributed by atoms with Crippen LogP contribution < -0.4 is 4.74 Å². The second-order valence-corrected chi connectivity index (χ2v) is 16.1. The molecule has 1 aromatic heterocycles. The first kappa shape index (κ1) is 35.5. The van der Waals surface area contributed by atoms with Gasteiger partial charge in [0.05, 0.1) is 52.7 Å². The topological polar surface area (TPSA) is 90.3 Å². The van der Waals surface area contributed by atoms with Gasteiger partial charge in [0, 0.05) is 21.8 Å². The van der Waals surface area contributed by atoms with Crippen LogP contribution in [0.2, 0.25) is 0 Å². The second kappa shape index (κ2) is 13.4. The molecule has 1 aliphatic carbocycles. The number of benzene rings is 2. The molecule has 9 nitrogen and oxygen atoms in total. The molecule has 2 aromatic carbocycles. The predicted molar refractivity (Wildman–Crippen MR) is 191 cm³/mol. The molecule has 3 heterocycles. The van der Waals surface area contributed by atoms with E-state index in [4.69, 9.17) is 33.2 Å². The molecule has 258 valence electrons. The third-order valence-corrected chi connectivity index (χ3v) is 11.4. The Kier molecular flexibility index (Phi) is 9.90. The third kappa shape index (κ3) is 6.97. The van der Waals surface area contributed by atoms with Crippen molar-refractivity contribution in [2.24, 2.45) is 0 Å². The molecule has 0 bridgehead atoms. The van der Waals surface area contributed by atoms with Crippen LogP contribution in [0.4, 0.5) is 0 Å². The quantitative estimate of drug-likeness (QED) is 0.155. The van der Waals surface area contributed by atoms with Gasteiger partial charge in [-0.3, -0.25) is 9.48 Å². The molecular formula is C36H49B2BrN2O7. The van der Waals surface area contributed by atoms with Gasteiger partial charge in [0.25, 0.3) is 0 Å². The maximum atomic E-state index is 12.8. The smallest absolute Gasteiger partial charge is 0.487 e. The zero-order chi connectivity index (χ0) is 34.5. The third-order valence-electron chi connectivity index (χ3n) is 10.9. The van der Waals surface area contributed by atoms with Gasteiger partial charge in [-0.15, -0.1) is 0 Å². The van der Waals surface area contributed by atoms with Crippen LogP contribution in [0, 0.1) is 0 Å². The van der Waals surface area contributed by atoms with Crippen LogP contribution in [0.1, 0.15) is 110 Å². The molecule has 1 unspecified atom stereocenters. The summed E-state index contributed by atoms with van der Waals surface area (Å²) >= 11 is 3.65. The minimum atomic E-state index is -0.705. The first-order valence-corrected chi connectivity index (χ1v) is 18.2. The van der Waals surface area contributed by atoms with Crippen molar-refractivity contribution in [1.82, 2.24) is 9.78 Å². The van der Waals surface area contributed by atoms with Crippen LogP contribution in [-0.2, 0) is 47.6 Å². The molecule has 3 aliphatic rings. The monoisotopic (exact) mass is 722 g/mol. The molecule has 1 saturated carbocycles. The average molecular weight is 723 g/mol. The fourth-order valence-electron chi connectivity index (χ4n) is 7.03. The SMILES string of the molecule is CCOC(=O)Cc1cc(CC2(C)OB(B3OC(C)(C)C(C)(C)O3)OC2(C)C)ccc1OCc1c2cc(Br)ccc2nn1C1CCCCC1. The van der Waals surface area contributed by atoms with Crippen molar-refractivity contribution in [3.63, 3.8) is 0 Å². The van der Waals surface area contributed by atoms with Crippen molar-refractivity contribution in [3.05, 3.63) is 57.7 Å². The number of fused-ring (bicyclic) bond motifs is 1. The number of rotatable bonds is 10. The number of hydrogen-bond acceptors (Lipinski definition) is 8. The Hall–Kier alpha value is -2.37. The largest absolute Gasteiger partial charge is 0.489 e. The van der Waals surface area contributed by atoms with Crippen LogP contribution in [-0.4, -0.2) is 58.8 Å². The summed E-state index contributed by atoms with van der Waals surface area (Å²) in [4.78, 5) is 12.8. The van der Waals surface area contributed by atoms with E-state index in [1.807, 2.05) is 72.7 Å². The summed E-state index contributed by atoms with van der Waals surface area (Å²) in [6, 6.07) is 12.6. The minimum Gasteiger partial charge on any atom is -0.487 e. The first-order chi connectivity index (χ1) is 22.6. The van der Waals surface area contributed by atoms with Gasteiger partial charge in [-0.25, -0.2) is 0 Å². The van der Waals surface area contributed by atoms with Crippen molar-refractivity contribution < 1.29 is 32.9 Å². The lowest BCUT2D eigenvalue weighted by atomic mass is 9.49. The highest BCUT2D eigenvalue weighted by Gasteiger charge is 2.64. The lowest BCUT2D eigenvalue weighted by Gasteiger charge is -2.36. The molecule has 3 fully saturated rings. The standard InChI is InChI=1S/C36H49B2BrN2O7/c1-9-43-32(42)20-25-19-24(22-36(8)35(6,7)47-38(48-36)37-45-33(2,3)34(4,5)46-37)15-18-31(25)44-23-30-28-21-26(39)16-17-29(28)40-41(30)27-13-11-10-12-14-27/h15-19,21,27H,9-14,20,22-23H2,1-8H3. The average Bonchev–Trinajstić information content (AvgIpc) is 3.57. The number of esters is 1. The molecule has 48 heavy (non-hydrogen) atoms. The lowest BCUT2D eigenvalue weighted by Crippen LogP contribution is -2.46. The van der Waals surface area contributed by atoms with E-state index < -0.39 is 36.4 Å². The Bertz CT molecular complexity index is 1640. The van der Waals surface area contributed by atoms with Crippen LogP contribution >= 0.6 is 15.9 Å². The van der Waals surface area contributed by atoms with Crippen molar-refractivity contribution in [3.8, 4) is 5.75 Å². The van der Waals surface area contributed by atoms with E-state index >= 15 is 0 Å². The molecule has 1 atom stereocenters. The Morgan fingerprint density at radius 1 is 0.917 bits per heavy atom. The first-order valence-electron chi connectivity index (χ1n) is 17.4. The van der Waals surface area contributed by atoms with E-state index in [0.717, 1.165) is 45.0 Å². The summed E-state index contributed by atoms with van der Waals surface area (Å²) in [6.07, 6.45) is 6.54. The molecule has 3 aromatic rings. The fourth-order valence-corrected chi connectivity index (χ4v) is 7.39. The molecule has 2 aliphatic heterocycles. The van der Waals surface area contributed by atoms with Crippen LogP contribution in [0.3, 0.4) is 0 Å². The number of aromatic nitrogens is 2. The summed E-state index contributed by atoms with van der Waals surface area (Å²) in [5.41, 5.74) is 1.42.